The van der Waals surface area contributed by atoms with Crippen LogP contribution >= 0.6 is 0 Å². The second-order valence-corrected chi connectivity index (χ2v) is 7.94. The molecule has 0 radical (unpaired) electrons. The van der Waals surface area contributed by atoms with Crippen molar-refractivity contribution in [2.75, 3.05) is 11.4 Å². The van der Waals surface area contributed by atoms with Crippen LogP contribution in [-0.4, -0.2) is 30.5 Å². The summed E-state index contributed by atoms with van der Waals surface area (Å²) in [5.41, 5.74) is 0.826. The molecule has 0 aromatic heterocycles. The summed E-state index contributed by atoms with van der Waals surface area (Å²) < 4.78 is 5.65. The number of carbonyl (C=O) groups is 2. The van der Waals surface area contributed by atoms with Crippen molar-refractivity contribution in [3.05, 3.63) is 24.3 Å². The Kier molecular flexibility index (Phi) is 5.84. The topological polar surface area (TPSA) is 58.6 Å². The Balaban J connectivity index is 1.60. The Labute approximate surface area is 156 Å². The average molecular weight is 358 g/mol. The number of hydrogen-bond donors (Lipinski definition) is 1. The molecule has 1 N–H and O–H groups in total. The molecule has 1 saturated heterocycles. The lowest BCUT2D eigenvalue weighted by Crippen LogP contribution is -2.44. The molecule has 0 bridgehead atoms. The molecule has 5 nitrogen and oxygen atoms in total. The normalized spacial score (nSPS) is 26.2. The van der Waals surface area contributed by atoms with Gasteiger partial charge >= 0.3 is 0 Å². The SMILES string of the molecule is CC(C)Oc1ccc(N2C[C@H](C(=O)N[C@H]3CCCC[C@@H]3C)CC2=O)cc1. The van der Waals surface area contributed by atoms with Gasteiger partial charge in [-0.2, -0.15) is 0 Å². The number of hydrogen-bond acceptors (Lipinski definition) is 3. The number of rotatable bonds is 5. The number of anilines is 1. The molecule has 0 unspecified atom stereocenters. The number of nitrogens with zero attached hydrogens (tertiary/aromatic N) is 1. The fourth-order valence-corrected chi connectivity index (χ4v) is 3.94. The summed E-state index contributed by atoms with van der Waals surface area (Å²) in [5, 5.41) is 3.20. The van der Waals surface area contributed by atoms with Crippen LogP contribution in [0.25, 0.3) is 0 Å². The third-order valence-corrected chi connectivity index (χ3v) is 5.46. The van der Waals surface area contributed by atoms with E-state index in [9.17, 15) is 9.59 Å². The summed E-state index contributed by atoms with van der Waals surface area (Å²) in [7, 11) is 0. The van der Waals surface area contributed by atoms with E-state index in [1.54, 1.807) is 4.90 Å². The van der Waals surface area contributed by atoms with Crippen LogP contribution in [0.4, 0.5) is 5.69 Å². The summed E-state index contributed by atoms with van der Waals surface area (Å²) in [6, 6.07) is 7.78. The first-order valence-electron chi connectivity index (χ1n) is 9.81. The highest BCUT2D eigenvalue weighted by molar-refractivity contribution is 6.00. The minimum absolute atomic E-state index is 0.0133. The van der Waals surface area contributed by atoms with Crippen molar-refractivity contribution in [2.45, 2.75) is 65.0 Å². The smallest absolute Gasteiger partial charge is 0.227 e. The van der Waals surface area contributed by atoms with Crippen LogP contribution in [0.3, 0.4) is 0 Å². The molecule has 1 aromatic rings. The summed E-state index contributed by atoms with van der Waals surface area (Å²) in [4.78, 5) is 26.8. The maximum atomic E-state index is 12.6. The zero-order valence-electron chi connectivity index (χ0n) is 16.0. The molecule has 1 saturated carbocycles. The van der Waals surface area contributed by atoms with Gasteiger partial charge in [-0.1, -0.05) is 19.8 Å². The van der Waals surface area contributed by atoms with Gasteiger partial charge in [-0.15, -0.1) is 0 Å². The molecule has 1 heterocycles. The molecule has 2 aliphatic rings. The van der Waals surface area contributed by atoms with Gasteiger partial charge in [0.2, 0.25) is 11.8 Å². The van der Waals surface area contributed by atoms with Gasteiger partial charge in [-0.3, -0.25) is 9.59 Å². The first-order valence-corrected chi connectivity index (χ1v) is 9.81. The monoisotopic (exact) mass is 358 g/mol. The van der Waals surface area contributed by atoms with Gasteiger partial charge in [-0.05, 0) is 56.9 Å². The Morgan fingerprint density at radius 2 is 1.88 bits per heavy atom. The number of benzene rings is 1. The van der Waals surface area contributed by atoms with Gasteiger partial charge < -0.3 is 15.0 Å². The molecule has 142 valence electrons. The molecule has 1 aliphatic heterocycles. The highest BCUT2D eigenvalue weighted by Gasteiger charge is 2.36. The number of ether oxygens (including phenoxy) is 1. The van der Waals surface area contributed by atoms with E-state index in [0.717, 1.165) is 17.9 Å². The average Bonchev–Trinajstić information content (AvgIpc) is 2.99. The van der Waals surface area contributed by atoms with Crippen LogP contribution in [0.15, 0.2) is 24.3 Å². The predicted octanol–water partition coefficient (Wildman–Crippen LogP) is 3.52. The van der Waals surface area contributed by atoms with Crippen molar-refractivity contribution in [3.63, 3.8) is 0 Å². The van der Waals surface area contributed by atoms with Crippen molar-refractivity contribution in [1.82, 2.24) is 5.32 Å². The summed E-state index contributed by atoms with van der Waals surface area (Å²) in [6.45, 7) is 6.62. The summed E-state index contributed by atoms with van der Waals surface area (Å²) in [5.74, 6) is 1.09. The Morgan fingerprint density at radius 1 is 1.19 bits per heavy atom. The molecule has 1 aromatic carbocycles. The van der Waals surface area contributed by atoms with Crippen molar-refractivity contribution < 1.29 is 14.3 Å². The third-order valence-electron chi connectivity index (χ3n) is 5.46. The highest BCUT2D eigenvalue weighted by atomic mass is 16.5. The lowest BCUT2D eigenvalue weighted by Gasteiger charge is -2.30. The largest absolute Gasteiger partial charge is 0.491 e. The molecule has 2 fully saturated rings. The van der Waals surface area contributed by atoms with Crippen molar-refractivity contribution in [3.8, 4) is 5.75 Å². The predicted molar refractivity (Wildman–Crippen MR) is 102 cm³/mol. The van der Waals surface area contributed by atoms with E-state index >= 15 is 0 Å². The maximum absolute atomic E-state index is 12.6. The molecule has 1 aliphatic carbocycles. The minimum atomic E-state index is -0.261. The van der Waals surface area contributed by atoms with E-state index < -0.39 is 0 Å². The molecule has 3 atom stereocenters. The Bertz CT molecular complexity index is 641. The number of nitrogens with one attached hydrogen (secondary N) is 1. The third kappa shape index (κ3) is 4.37. The number of carbonyl (C=O) groups excluding carboxylic acids is 2. The van der Waals surface area contributed by atoms with E-state index in [0.29, 0.717) is 12.5 Å². The van der Waals surface area contributed by atoms with E-state index in [4.69, 9.17) is 4.74 Å². The van der Waals surface area contributed by atoms with Crippen molar-refractivity contribution in [2.24, 2.45) is 11.8 Å². The van der Waals surface area contributed by atoms with Crippen LogP contribution < -0.4 is 15.0 Å². The van der Waals surface area contributed by atoms with Crippen molar-refractivity contribution in [1.29, 1.82) is 0 Å². The van der Waals surface area contributed by atoms with Gasteiger partial charge in [0.1, 0.15) is 5.75 Å². The van der Waals surface area contributed by atoms with Gasteiger partial charge in [0.25, 0.3) is 0 Å². The lowest BCUT2D eigenvalue weighted by atomic mass is 9.85. The second kappa shape index (κ2) is 8.11. The fourth-order valence-electron chi connectivity index (χ4n) is 3.94. The fraction of sp³-hybridized carbons (Fsp3) is 0.619. The van der Waals surface area contributed by atoms with E-state index in [1.165, 1.54) is 19.3 Å². The van der Waals surface area contributed by atoms with E-state index in [2.05, 4.69) is 12.2 Å². The van der Waals surface area contributed by atoms with Crippen LogP contribution in [0.1, 0.15) is 52.9 Å². The minimum Gasteiger partial charge on any atom is -0.491 e. The van der Waals surface area contributed by atoms with Gasteiger partial charge in [-0.25, -0.2) is 0 Å². The standard InChI is InChI=1S/C21H30N2O3/c1-14(2)26-18-10-8-17(9-11-18)23-13-16(12-20(23)24)21(25)22-19-7-5-4-6-15(19)3/h8-11,14-16,19H,4-7,12-13H2,1-3H3,(H,22,25)/t15-,16+,19-/m0/s1. The van der Waals surface area contributed by atoms with Crippen LogP contribution in [0.2, 0.25) is 0 Å². The summed E-state index contributed by atoms with van der Waals surface area (Å²) in [6.07, 6.45) is 5.05. The van der Waals surface area contributed by atoms with Crippen LogP contribution in [0, 0.1) is 11.8 Å². The number of amides is 2. The van der Waals surface area contributed by atoms with Crippen LogP contribution in [0.5, 0.6) is 5.75 Å². The van der Waals surface area contributed by atoms with E-state index in [-0.39, 0.29) is 36.3 Å². The summed E-state index contributed by atoms with van der Waals surface area (Å²) >= 11 is 0. The van der Waals surface area contributed by atoms with Crippen molar-refractivity contribution >= 4 is 17.5 Å². The molecule has 0 spiro atoms. The van der Waals surface area contributed by atoms with Gasteiger partial charge in [0.05, 0.1) is 12.0 Å². The van der Waals surface area contributed by atoms with E-state index in [1.807, 2.05) is 38.1 Å². The Hall–Kier alpha value is -2.04. The molecular formula is C21H30N2O3. The lowest BCUT2D eigenvalue weighted by molar-refractivity contribution is -0.127. The molecule has 2 amide bonds. The zero-order chi connectivity index (χ0) is 18.7. The zero-order valence-corrected chi connectivity index (χ0v) is 16.0. The van der Waals surface area contributed by atoms with Gasteiger partial charge in [0.15, 0.2) is 0 Å². The molecule has 5 heteroatoms. The van der Waals surface area contributed by atoms with Crippen LogP contribution in [-0.2, 0) is 9.59 Å². The molecular weight excluding hydrogens is 328 g/mol. The molecule has 3 rings (SSSR count). The maximum Gasteiger partial charge on any atom is 0.227 e. The second-order valence-electron chi connectivity index (χ2n) is 7.94. The quantitative estimate of drug-likeness (QED) is 0.876. The highest BCUT2D eigenvalue weighted by Crippen LogP contribution is 2.29. The Morgan fingerprint density at radius 3 is 2.54 bits per heavy atom. The first-order chi connectivity index (χ1) is 12.4. The first kappa shape index (κ1) is 18.7. The van der Waals surface area contributed by atoms with Gasteiger partial charge in [0, 0.05) is 24.7 Å². The molecule has 26 heavy (non-hydrogen) atoms.